The van der Waals surface area contributed by atoms with Gasteiger partial charge < -0.3 is 4.74 Å². The highest BCUT2D eigenvalue weighted by atomic mass is 19.4. The number of hydrogen-bond donors (Lipinski definition) is 0. The van der Waals surface area contributed by atoms with E-state index >= 15 is 0 Å². The summed E-state index contributed by atoms with van der Waals surface area (Å²) < 4.78 is 226. The molecule has 0 spiro atoms. The van der Waals surface area contributed by atoms with Crippen molar-refractivity contribution in [3.05, 3.63) is 0 Å². The summed E-state index contributed by atoms with van der Waals surface area (Å²) in [5.74, 6) is -26.3. The van der Waals surface area contributed by atoms with Gasteiger partial charge in [-0.3, -0.25) is 9.47 Å². The van der Waals surface area contributed by atoms with Crippen molar-refractivity contribution >= 4 is 5.97 Å². The monoisotopic (exact) mass is 552 g/mol. The van der Waals surface area contributed by atoms with E-state index in [1.54, 1.807) is 0 Å². The lowest BCUT2D eigenvalue weighted by molar-refractivity contribution is -0.548. The Morgan fingerprint density at radius 2 is 1.06 bits per heavy atom. The molecule has 0 aliphatic rings. The van der Waals surface area contributed by atoms with Crippen LogP contribution in [0.5, 0.6) is 0 Å². The van der Waals surface area contributed by atoms with Gasteiger partial charge in [0.1, 0.15) is 0 Å². The summed E-state index contributed by atoms with van der Waals surface area (Å²) in [6.07, 6.45) is -38.9. The smallest absolute Gasteiger partial charge is 0.461 e. The Kier molecular flexibility index (Phi) is 8.84. The molecule has 0 rings (SSSR count). The molecule has 34 heavy (non-hydrogen) atoms. The van der Waals surface area contributed by atoms with Crippen molar-refractivity contribution in [2.24, 2.45) is 0 Å². The second-order valence-corrected chi connectivity index (χ2v) is 5.99. The quantitative estimate of drug-likeness (QED) is 0.184. The maximum atomic E-state index is 14.0. The lowest BCUT2D eigenvalue weighted by Crippen LogP contribution is -2.68. The van der Waals surface area contributed by atoms with Gasteiger partial charge >= 0.3 is 54.3 Å². The van der Waals surface area contributed by atoms with Crippen molar-refractivity contribution in [1.29, 1.82) is 0 Å². The van der Waals surface area contributed by atoms with Crippen LogP contribution in [0.3, 0.4) is 0 Å². The average molecular weight is 552 g/mol. The third-order valence-electron chi connectivity index (χ3n) is 3.36. The van der Waals surface area contributed by atoms with Crippen LogP contribution in [0.1, 0.15) is 19.8 Å². The first kappa shape index (κ1) is 32.2. The number of rotatable bonds is 10. The van der Waals surface area contributed by atoms with E-state index in [0.29, 0.717) is 0 Å². The zero-order valence-corrected chi connectivity index (χ0v) is 15.7. The summed E-state index contributed by atoms with van der Waals surface area (Å²) in [4.78, 5) is 11.2. The maximum absolute atomic E-state index is 14.0. The van der Waals surface area contributed by atoms with Gasteiger partial charge in [-0.05, 0) is 6.42 Å². The molecule has 21 heteroatoms. The molecule has 0 fully saturated rings. The summed E-state index contributed by atoms with van der Waals surface area (Å²) in [5.41, 5.74) is 0. The molecule has 0 saturated carbocycles. The summed E-state index contributed by atoms with van der Waals surface area (Å²) in [6.45, 7) is 0.0262. The van der Waals surface area contributed by atoms with E-state index in [1.165, 1.54) is 11.7 Å². The zero-order valence-electron chi connectivity index (χ0n) is 15.7. The molecule has 204 valence electrons. The second kappa shape index (κ2) is 9.34. The highest BCUT2D eigenvalue weighted by Crippen LogP contribution is 2.56. The van der Waals surface area contributed by atoms with Gasteiger partial charge in [0.15, 0.2) is 0 Å². The zero-order chi connectivity index (χ0) is 27.8. The molecular formula is C13H9F17O4. The van der Waals surface area contributed by atoms with E-state index in [1.807, 2.05) is 4.74 Å². The Morgan fingerprint density at radius 1 is 0.618 bits per heavy atom. The molecule has 0 aromatic carbocycles. The Morgan fingerprint density at radius 3 is 1.38 bits per heavy atom. The Hall–Kier alpha value is -1.80. The van der Waals surface area contributed by atoms with Crippen molar-refractivity contribution in [3.63, 3.8) is 0 Å². The van der Waals surface area contributed by atoms with Crippen LogP contribution in [0.4, 0.5) is 74.6 Å². The van der Waals surface area contributed by atoms with Gasteiger partial charge in [-0.25, -0.2) is 4.79 Å². The van der Waals surface area contributed by atoms with Crippen molar-refractivity contribution in [2.45, 2.75) is 68.1 Å². The van der Waals surface area contributed by atoms with Crippen molar-refractivity contribution in [1.82, 2.24) is 0 Å². The molecule has 0 amide bonds. The molecular weight excluding hydrogens is 543 g/mol. The van der Waals surface area contributed by atoms with Gasteiger partial charge in [0.25, 0.3) is 0 Å². The van der Waals surface area contributed by atoms with Crippen LogP contribution in [-0.2, 0) is 19.0 Å². The van der Waals surface area contributed by atoms with E-state index < -0.39 is 67.4 Å². The number of halogens is 17. The minimum atomic E-state index is -8.04. The molecule has 0 bridgehead atoms. The fourth-order valence-corrected chi connectivity index (χ4v) is 1.55. The van der Waals surface area contributed by atoms with Gasteiger partial charge in [0, 0.05) is 0 Å². The normalized spacial score (nSPS) is 18.3. The van der Waals surface area contributed by atoms with Crippen LogP contribution in [-0.4, -0.2) is 61.0 Å². The number of unbranched alkanes of at least 4 members (excludes halogenated alkanes) is 1. The van der Waals surface area contributed by atoms with E-state index in [0.717, 1.165) is 0 Å². The Balaban J connectivity index is 6.61. The van der Waals surface area contributed by atoms with Gasteiger partial charge in [0.2, 0.25) is 0 Å². The topological polar surface area (TPSA) is 44.8 Å². The van der Waals surface area contributed by atoms with Crippen LogP contribution in [0.2, 0.25) is 0 Å². The maximum Gasteiger partial charge on any atom is 0.462 e. The van der Waals surface area contributed by atoms with Crippen LogP contribution < -0.4 is 0 Å². The third-order valence-corrected chi connectivity index (χ3v) is 3.36. The number of carbonyl (C=O) groups excluding carboxylic acids is 1. The van der Waals surface area contributed by atoms with Gasteiger partial charge in [-0.15, -0.1) is 0 Å². The first-order valence-corrected chi connectivity index (χ1v) is 7.93. The largest absolute Gasteiger partial charge is 0.462 e. The number of hydrogen-bond acceptors (Lipinski definition) is 4. The summed E-state index contributed by atoms with van der Waals surface area (Å²) in [7, 11) is 0. The Bertz CT molecular complexity index is 712. The molecule has 0 saturated heterocycles. The van der Waals surface area contributed by atoms with Crippen LogP contribution in [0.15, 0.2) is 0 Å². The summed E-state index contributed by atoms with van der Waals surface area (Å²) in [5, 5.41) is 0. The van der Waals surface area contributed by atoms with Crippen LogP contribution in [0, 0.1) is 0 Å². The number of alkyl halides is 17. The first-order chi connectivity index (χ1) is 14.6. The molecule has 0 heterocycles. The van der Waals surface area contributed by atoms with Crippen LogP contribution >= 0.6 is 0 Å². The SMILES string of the molecule is CCCCOC(=O)[C@@](F)(OC(F)(F)[C@](F)(OC(F)(F)C(F)(F)C(F)(F)F)C(F)(F)F)C(F)(F)F. The molecule has 0 aliphatic heterocycles. The first-order valence-electron chi connectivity index (χ1n) is 7.93. The van der Waals surface area contributed by atoms with E-state index in [4.69, 9.17) is 0 Å². The fraction of sp³-hybridized carbons (Fsp3) is 0.923. The molecule has 0 radical (unpaired) electrons. The van der Waals surface area contributed by atoms with E-state index in [-0.39, 0.29) is 6.42 Å². The Labute approximate surface area is 175 Å². The lowest BCUT2D eigenvalue weighted by Gasteiger charge is -2.39. The molecule has 0 N–H and O–H groups in total. The second-order valence-electron chi connectivity index (χ2n) is 5.99. The van der Waals surface area contributed by atoms with Gasteiger partial charge in [0.05, 0.1) is 6.61 Å². The van der Waals surface area contributed by atoms with Gasteiger partial charge in [-0.2, -0.15) is 74.6 Å². The molecule has 0 aliphatic carbocycles. The van der Waals surface area contributed by atoms with E-state index in [9.17, 15) is 79.4 Å². The average Bonchev–Trinajstić information content (AvgIpc) is 2.57. The lowest BCUT2D eigenvalue weighted by atomic mass is 10.2. The van der Waals surface area contributed by atoms with Gasteiger partial charge in [-0.1, -0.05) is 13.3 Å². The predicted octanol–water partition coefficient (Wildman–Crippen LogP) is 6.20. The summed E-state index contributed by atoms with van der Waals surface area (Å²) >= 11 is 0. The third kappa shape index (κ3) is 5.88. The molecule has 2 atom stereocenters. The van der Waals surface area contributed by atoms with Crippen molar-refractivity contribution in [3.8, 4) is 0 Å². The molecule has 0 aromatic heterocycles. The van der Waals surface area contributed by atoms with Crippen molar-refractivity contribution in [2.75, 3.05) is 6.61 Å². The minimum Gasteiger partial charge on any atom is -0.461 e. The van der Waals surface area contributed by atoms with E-state index in [2.05, 4.69) is 4.74 Å². The highest BCUT2D eigenvalue weighted by molar-refractivity contribution is 5.78. The number of esters is 1. The fourth-order valence-electron chi connectivity index (χ4n) is 1.55. The molecule has 4 nitrogen and oxygen atoms in total. The minimum absolute atomic E-state index is 0.0341. The van der Waals surface area contributed by atoms with Crippen molar-refractivity contribution < 1.29 is 93.6 Å². The summed E-state index contributed by atoms with van der Waals surface area (Å²) in [6, 6.07) is 0. The standard InChI is InChI=1S/C13H9F17O4/c1-2-3-4-32-5(31)6(14,9(18,19)20)33-13(29,30)8(17,11(24,25)26)34-12(27,28)7(15,16)10(21,22)23/h2-4H2,1H3/t6-,8-/m1/s1. The number of ether oxygens (including phenoxy) is 3. The van der Waals surface area contributed by atoms with Crippen LogP contribution in [0.25, 0.3) is 0 Å². The predicted molar refractivity (Wildman–Crippen MR) is 68.7 cm³/mol. The highest BCUT2D eigenvalue weighted by Gasteiger charge is 2.85. The molecule has 0 aromatic rings. The molecule has 0 unspecified atom stereocenters. The number of carbonyl (C=O) groups is 1.